The molecule has 1 aliphatic heterocycles. The minimum atomic E-state index is -1.59. The number of Topliss-reactive ketones (excluding diaryl/α,β-unsaturated/α-hetero) is 1. The Bertz CT molecular complexity index is 753. The molecule has 1 aliphatic rings. The first-order chi connectivity index (χ1) is 10.7. The number of aliphatic carboxylic acids is 1. The van der Waals surface area contributed by atoms with Crippen LogP contribution < -0.4 is 5.11 Å². The summed E-state index contributed by atoms with van der Waals surface area (Å²) in [6.07, 6.45) is 0. The highest BCUT2D eigenvalue weighted by atomic mass is 16.6. The molecule has 23 heavy (non-hydrogen) atoms. The van der Waals surface area contributed by atoms with Crippen molar-refractivity contribution in [3.05, 3.63) is 51.3 Å². The van der Waals surface area contributed by atoms with Crippen LogP contribution in [0.4, 0.5) is 5.69 Å². The summed E-state index contributed by atoms with van der Waals surface area (Å²) < 4.78 is 0. The number of carbonyl (C=O) groups excluding carboxylic acids is 3. The van der Waals surface area contributed by atoms with E-state index in [2.05, 4.69) is 0 Å². The number of nitro groups is 1. The van der Waals surface area contributed by atoms with Crippen molar-refractivity contribution in [2.45, 2.75) is 13.0 Å². The summed E-state index contributed by atoms with van der Waals surface area (Å²) in [5.74, 6) is -4.15. The molecule has 0 aromatic heterocycles. The van der Waals surface area contributed by atoms with Gasteiger partial charge in [0.1, 0.15) is 0 Å². The predicted molar refractivity (Wildman–Crippen MR) is 72.9 cm³/mol. The first-order valence-corrected chi connectivity index (χ1v) is 6.43. The van der Waals surface area contributed by atoms with Gasteiger partial charge in [-0.05, 0) is 12.5 Å². The molecule has 1 aromatic rings. The highest BCUT2D eigenvalue weighted by molar-refractivity contribution is 6.08. The van der Waals surface area contributed by atoms with Crippen molar-refractivity contribution in [3.8, 4) is 0 Å². The molecule has 0 bridgehead atoms. The van der Waals surface area contributed by atoms with Crippen molar-refractivity contribution < 1.29 is 29.5 Å². The van der Waals surface area contributed by atoms with Crippen LogP contribution in [0.3, 0.4) is 0 Å². The van der Waals surface area contributed by atoms with E-state index in [-0.39, 0.29) is 16.8 Å². The second kappa shape index (κ2) is 5.87. The van der Waals surface area contributed by atoms with Gasteiger partial charge in [0, 0.05) is 12.1 Å². The number of ketones is 1. The molecule has 0 fully saturated rings. The molecule has 1 atom stereocenters. The van der Waals surface area contributed by atoms with E-state index < -0.39 is 40.9 Å². The van der Waals surface area contributed by atoms with E-state index in [1.54, 1.807) is 0 Å². The van der Waals surface area contributed by atoms with Crippen LogP contribution in [-0.4, -0.2) is 39.1 Å². The molecular weight excluding hydrogens is 308 g/mol. The van der Waals surface area contributed by atoms with Crippen molar-refractivity contribution in [2.24, 2.45) is 0 Å². The largest absolute Gasteiger partial charge is 0.548 e. The molecule has 1 N–H and O–H groups in total. The summed E-state index contributed by atoms with van der Waals surface area (Å²) in [5.41, 5.74) is -0.461. The van der Waals surface area contributed by atoms with Crippen LogP contribution in [-0.2, 0) is 14.4 Å². The number of nitrogens with zero attached hydrogens (tertiary/aromatic N) is 2. The molecule has 1 amide bonds. The Morgan fingerprint density at radius 2 is 2.04 bits per heavy atom. The Hall–Kier alpha value is -3.23. The van der Waals surface area contributed by atoms with Crippen LogP contribution in [0.5, 0.6) is 0 Å². The lowest BCUT2D eigenvalue weighted by Crippen LogP contribution is -2.41. The lowest BCUT2D eigenvalue weighted by Gasteiger charge is -2.26. The van der Waals surface area contributed by atoms with Crippen LogP contribution in [0.25, 0.3) is 0 Å². The standard InChI is InChI=1S/C14H12N2O7/c1-7(17)11-12(8-3-2-4-9(5-8)16(22)23)15(6-10(18)19)14(21)13(11)20/h2-5,12,20H,6H2,1H3,(H,18,19)/p-1. The summed E-state index contributed by atoms with van der Waals surface area (Å²) in [6.45, 7) is 0.235. The lowest BCUT2D eigenvalue weighted by atomic mass is 9.96. The van der Waals surface area contributed by atoms with Crippen molar-refractivity contribution in [2.75, 3.05) is 6.54 Å². The first-order valence-electron chi connectivity index (χ1n) is 6.43. The SMILES string of the molecule is CC(=O)C1=C(O)C(=O)N(CC(=O)[O-])C1c1cccc([N+](=O)[O-])c1. The smallest absolute Gasteiger partial charge is 0.290 e. The zero-order valence-electron chi connectivity index (χ0n) is 11.9. The number of aliphatic hydroxyl groups is 1. The van der Waals surface area contributed by atoms with E-state index in [1.165, 1.54) is 18.2 Å². The molecule has 9 heteroatoms. The molecule has 2 rings (SSSR count). The number of non-ortho nitro benzene ring substituents is 1. The number of benzene rings is 1. The third-order valence-electron chi connectivity index (χ3n) is 3.38. The van der Waals surface area contributed by atoms with Gasteiger partial charge in [0.2, 0.25) is 0 Å². The predicted octanol–water partition coefficient (Wildman–Crippen LogP) is -0.371. The average Bonchev–Trinajstić information content (AvgIpc) is 2.71. The van der Waals surface area contributed by atoms with Gasteiger partial charge in [-0.15, -0.1) is 0 Å². The zero-order valence-corrected chi connectivity index (χ0v) is 11.9. The number of aliphatic hydroxyl groups excluding tert-OH is 1. The summed E-state index contributed by atoms with van der Waals surface area (Å²) in [4.78, 5) is 45.5. The topological polar surface area (TPSA) is 141 Å². The monoisotopic (exact) mass is 319 g/mol. The van der Waals surface area contributed by atoms with Crippen LogP contribution in [0.15, 0.2) is 35.6 Å². The molecular formula is C14H11N2O7-. The van der Waals surface area contributed by atoms with Gasteiger partial charge in [-0.25, -0.2) is 0 Å². The Kier molecular flexibility index (Phi) is 4.12. The number of amides is 1. The van der Waals surface area contributed by atoms with Crippen molar-refractivity contribution >= 4 is 23.3 Å². The normalized spacial score (nSPS) is 17.5. The Morgan fingerprint density at radius 1 is 1.39 bits per heavy atom. The maximum atomic E-state index is 12.0. The third kappa shape index (κ3) is 2.89. The molecule has 0 aliphatic carbocycles. The number of nitro benzene ring substituents is 1. The molecule has 1 aromatic carbocycles. The molecule has 0 spiro atoms. The van der Waals surface area contributed by atoms with Gasteiger partial charge in [-0.2, -0.15) is 0 Å². The second-order valence-corrected chi connectivity index (χ2v) is 4.88. The lowest BCUT2D eigenvalue weighted by molar-refractivity contribution is -0.384. The fraction of sp³-hybridized carbons (Fsp3) is 0.214. The molecule has 0 saturated carbocycles. The number of carbonyl (C=O) groups is 3. The summed E-state index contributed by atoms with van der Waals surface area (Å²) in [7, 11) is 0. The number of carboxylic acid groups (broad SMARTS) is 1. The molecule has 1 unspecified atom stereocenters. The van der Waals surface area contributed by atoms with Crippen LogP contribution in [0.2, 0.25) is 0 Å². The number of rotatable bonds is 5. The summed E-state index contributed by atoms with van der Waals surface area (Å²) in [5, 5.41) is 31.5. The third-order valence-corrected chi connectivity index (χ3v) is 3.38. The zero-order chi connectivity index (χ0) is 17.3. The first kappa shape index (κ1) is 16.1. The van der Waals surface area contributed by atoms with Gasteiger partial charge in [-0.1, -0.05) is 12.1 Å². The van der Waals surface area contributed by atoms with E-state index in [9.17, 15) is 34.7 Å². The molecule has 9 nitrogen and oxygen atoms in total. The van der Waals surface area contributed by atoms with Gasteiger partial charge < -0.3 is 19.9 Å². The summed E-state index contributed by atoms with van der Waals surface area (Å²) >= 11 is 0. The van der Waals surface area contributed by atoms with E-state index in [4.69, 9.17) is 0 Å². The van der Waals surface area contributed by atoms with E-state index in [0.29, 0.717) is 0 Å². The Morgan fingerprint density at radius 3 is 2.57 bits per heavy atom. The molecule has 1 heterocycles. The number of carboxylic acids is 1. The minimum Gasteiger partial charge on any atom is -0.548 e. The fourth-order valence-corrected chi connectivity index (χ4v) is 2.47. The fourth-order valence-electron chi connectivity index (χ4n) is 2.47. The maximum absolute atomic E-state index is 12.0. The van der Waals surface area contributed by atoms with E-state index in [0.717, 1.165) is 17.9 Å². The highest BCUT2D eigenvalue weighted by Crippen LogP contribution is 2.38. The molecule has 0 saturated heterocycles. The number of hydrogen-bond acceptors (Lipinski definition) is 7. The van der Waals surface area contributed by atoms with Gasteiger partial charge in [0.25, 0.3) is 11.6 Å². The van der Waals surface area contributed by atoms with E-state index in [1.807, 2.05) is 0 Å². The van der Waals surface area contributed by atoms with Gasteiger partial charge in [-0.3, -0.25) is 19.7 Å². The van der Waals surface area contributed by atoms with Crippen molar-refractivity contribution in [1.82, 2.24) is 4.90 Å². The van der Waals surface area contributed by atoms with Gasteiger partial charge in [0.05, 0.1) is 29.1 Å². The van der Waals surface area contributed by atoms with Crippen LogP contribution >= 0.6 is 0 Å². The van der Waals surface area contributed by atoms with Crippen LogP contribution in [0.1, 0.15) is 18.5 Å². The second-order valence-electron chi connectivity index (χ2n) is 4.88. The number of hydrogen-bond donors (Lipinski definition) is 1. The quantitative estimate of drug-likeness (QED) is 0.576. The van der Waals surface area contributed by atoms with E-state index >= 15 is 0 Å². The average molecular weight is 319 g/mol. The van der Waals surface area contributed by atoms with Crippen molar-refractivity contribution in [3.63, 3.8) is 0 Å². The maximum Gasteiger partial charge on any atom is 0.290 e. The van der Waals surface area contributed by atoms with Gasteiger partial charge >= 0.3 is 0 Å². The molecule has 0 radical (unpaired) electrons. The summed E-state index contributed by atoms with van der Waals surface area (Å²) in [6, 6.07) is 3.83. The van der Waals surface area contributed by atoms with Gasteiger partial charge in [0.15, 0.2) is 11.5 Å². The molecule has 120 valence electrons. The van der Waals surface area contributed by atoms with Crippen molar-refractivity contribution in [1.29, 1.82) is 0 Å². The minimum absolute atomic E-state index is 0.142. The Balaban J connectivity index is 2.59. The van der Waals surface area contributed by atoms with Crippen LogP contribution in [0, 0.1) is 10.1 Å². The Labute approximate surface area is 129 Å². The highest BCUT2D eigenvalue weighted by Gasteiger charge is 2.42.